The van der Waals surface area contributed by atoms with Gasteiger partial charge in [0, 0.05) is 12.2 Å². The van der Waals surface area contributed by atoms with E-state index in [-0.39, 0.29) is 18.0 Å². The third kappa shape index (κ3) is 4.99. The highest BCUT2D eigenvalue weighted by Crippen LogP contribution is 2.32. The number of amides is 1. The number of para-hydroxylation sites is 1. The molecule has 33 heavy (non-hydrogen) atoms. The summed E-state index contributed by atoms with van der Waals surface area (Å²) in [4.78, 5) is 15.2. The van der Waals surface area contributed by atoms with Crippen LogP contribution in [0.1, 0.15) is 31.2 Å². The molecule has 172 valence electrons. The molecule has 0 bridgehead atoms. The van der Waals surface area contributed by atoms with Gasteiger partial charge in [-0.25, -0.2) is 0 Å². The van der Waals surface area contributed by atoms with Gasteiger partial charge in [0.25, 0.3) is 0 Å². The predicted molar refractivity (Wildman–Crippen MR) is 126 cm³/mol. The monoisotopic (exact) mass is 465 g/mol. The summed E-state index contributed by atoms with van der Waals surface area (Å²) in [5.74, 6) is 2.30. The number of carbonyl (C=O) groups is 1. The average molecular weight is 466 g/mol. The van der Waals surface area contributed by atoms with Crippen molar-refractivity contribution in [1.29, 1.82) is 0 Å². The fourth-order valence-corrected chi connectivity index (χ4v) is 4.96. The molecule has 9 heteroatoms. The van der Waals surface area contributed by atoms with E-state index in [0.717, 1.165) is 47.6 Å². The van der Waals surface area contributed by atoms with Crippen LogP contribution in [0.5, 0.6) is 11.5 Å². The second kappa shape index (κ2) is 9.84. The number of ether oxygens (including phenoxy) is 2. The SMILES string of the molecule is C[C@@H](Sc1nnc(CN2CCCC2)n1-c1ccccc1)C(=O)NCc1ccc2c(c1)OCO2. The third-order valence-electron chi connectivity index (χ3n) is 5.83. The molecule has 8 nitrogen and oxygen atoms in total. The second-order valence-corrected chi connectivity index (χ2v) is 9.53. The summed E-state index contributed by atoms with van der Waals surface area (Å²) in [6, 6.07) is 15.8. The molecule has 0 unspecified atom stereocenters. The molecule has 1 amide bonds. The van der Waals surface area contributed by atoms with Gasteiger partial charge in [-0.15, -0.1) is 10.2 Å². The number of benzene rings is 2. The summed E-state index contributed by atoms with van der Waals surface area (Å²) in [6.07, 6.45) is 2.45. The normalized spacial score (nSPS) is 16.2. The summed E-state index contributed by atoms with van der Waals surface area (Å²) in [7, 11) is 0. The minimum atomic E-state index is -0.328. The van der Waals surface area contributed by atoms with Gasteiger partial charge in [0.2, 0.25) is 12.7 Å². The van der Waals surface area contributed by atoms with E-state index in [1.807, 2.05) is 55.5 Å². The van der Waals surface area contributed by atoms with Crippen molar-refractivity contribution in [3.8, 4) is 17.2 Å². The Balaban J connectivity index is 1.27. The van der Waals surface area contributed by atoms with Gasteiger partial charge in [-0.2, -0.15) is 0 Å². The van der Waals surface area contributed by atoms with Crippen LogP contribution in [0.2, 0.25) is 0 Å². The summed E-state index contributed by atoms with van der Waals surface area (Å²) in [5.41, 5.74) is 1.97. The number of nitrogens with zero attached hydrogens (tertiary/aromatic N) is 4. The highest BCUT2D eigenvalue weighted by Gasteiger charge is 2.23. The van der Waals surface area contributed by atoms with E-state index in [9.17, 15) is 4.79 Å². The fraction of sp³-hybridized carbons (Fsp3) is 0.375. The Bertz CT molecular complexity index is 1110. The lowest BCUT2D eigenvalue weighted by molar-refractivity contribution is -0.120. The number of aromatic nitrogens is 3. The Morgan fingerprint density at radius 3 is 2.70 bits per heavy atom. The van der Waals surface area contributed by atoms with Crippen molar-refractivity contribution < 1.29 is 14.3 Å². The van der Waals surface area contributed by atoms with Crippen molar-refractivity contribution in [3.05, 3.63) is 59.9 Å². The zero-order valence-corrected chi connectivity index (χ0v) is 19.4. The molecule has 0 radical (unpaired) electrons. The van der Waals surface area contributed by atoms with Crippen molar-refractivity contribution in [3.63, 3.8) is 0 Å². The van der Waals surface area contributed by atoms with Crippen molar-refractivity contribution in [2.45, 2.75) is 43.3 Å². The first-order valence-corrected chi connectivity index (χ1v) is 12.1. The summed E-state index contributed by atoms with van der Waals surface area (Å²) in [6.45, 7) is 5.48. The quantitative estimate of drug-likeness (QED) is 0.511. The maximum atomic E-state index is 12.8. The molecule has 0 aliphatic carbocycles. The summed E-state index contributed by atoms with van der Waals surface area (Å²) in [5, 5.41) is 12.3. The number of rotatable bonds is 8. The number of hydrogen-bond acceptors (Lipinski definition) is 7. The minimum absolute atomic E-state index is 0.0543. The number of carbonyl (C=O) groups excluding carboxylic acids is 1. The lowest BCUT2D eigenvalue weighted by Crippen LogP contribution is -2.30. The lowest BCUT2D eigenvalue weighted by Gasteiger charge is -2.17. The van der Waals surface area contributed by atoms with Gasteiger partial charge in [-0.05, 0) is 62.7 Å². The van der Waals surface area contributed by atoms with Crippen LogP contribution in [-0.4, -0.2) is 50.7 Å². The Morgan fingerprint density at radius 2 is 1.88 bits per heavy atom. The van der Waals surface area contributed by atoms with Crippen LogP contribution >= 0.6 is 11.8 Å². The largest absolute Gasteiger partial charge is 0.454 e. The van der Waals surface area contributed by atoms with Crippen molar-refractivity contribution in [2.75, 3.05) is 19.9 Å². The van der Waals surface area contributed by atoms with E-state index >= 15 is 0 Å². The Morgan fingerprint density at radius 1 is 1.09 bits per heavy atom. The number of fused-ring (bicyclic) bond motifs is 1. The van der Waals surface area contributed by atoms with E-state index in [1.54, 1.807) is 0 Å². The minimum Gasteiger partial charge on any atom is -0.454 e. The van der Waals surface area contributed by atoms with E-state index < -0.39 is 0 Å². The predicted octanol–water partition coefficient (Wildman–Crippen LogP) is 3.39. The van der Waals surface area contributed by atoms with Crippen LogP contribution in [-0.2, 0) is 17.9 Å². The van der Waals surface area contributed by atoms with E-state index in [0.29, 0.717) is 12.3 Å². The molecule has 1 fully saturated rings. The van der Waals surface area contributed by atoms with Crippen molar-refractivity contribution >= 4 is 17.7 Å². The molecule has 5 rings (SSSR count). The molecule has 3 aromatic rings. The molecule has 2 aliphatic rings. The van der Waals surface area contributed by atoms with E-state index in [2.05, 4.69) is 25.0 Å². The van der Waals surface area contributed by atoms with Gasteiger partial charge in [0.1, 0.15) is 0 Å². The Labute approximate surface area is 197 Å². The number of thioether (sulfide) groups is 1. The molecule has 0 saturated carbocycles. The lowest BCUT2D eigenvalue weighted by atomic mass is 10.2. The highest BCUT2D eigenvalue weighted by molar-refractivity contribution is 8.00. The zero-order chi connectivity index (χ0) is 22.6. The maximum Gasteiger partial charge on any atom is 0.233 e. The standard InChI is InChI=1S/C24H27N5O3S/c1-17(23(30)25-14-18-9-10-20-21(13-18)32-16-31-20)33-24-27-26-22(15-28-11-5-6-12-28)29(24)19-7-3-2-4-8-19/h2-4,7-10,13,17H,5-6,11-12,14-16H2,1H3,(H,25,30)/t17-/m1/s1. The maximum absolute atomic E-state index is 12.8. The van der Waals surface area contributed by atoms with E-state index in [4.69, 9.17) is 9.47 Å². The van der Waals surface area contributed by atoms with Gasteiger partial charge in [-0.1, -0.05) is 36.0 Å². The Kier molecular flexibility index (Phi) is 6.50. The molecule has 1 N–H and O–H groups in total. The smallest absolute Gasteiger partial charge is 0.233 e. The van der Waals surface area contributed by atoms with Crippen LogP contribution in [0.3, 0.4) is 0 Å². The molecule has 1 saturated heterocycles. The number of likely N-dealkylation sites (tertiary alicyclic amines) is 1. The molecule has 2 aromatic carbocycles. The average Bonchev–Trinajstić information content (AvgIpc) is 3.59. The van der Waals surface area contributed by atoms with Crippen LogP contribution in [0.25, 0.3) is 5.69 Å². The second-order valence-electron chi connectivity index (χ2n) is 8.22. The van der Waals surface area contributed by atoms with Crippen molar-refractivity contribution in [2.24, 2.45) is 0 Å². The van der Waals surface area contributed by atoms with Gasteiger partial charge in [0.05, 0.1) is 11.8 Å². The first-order chi connectivity index (χ1) is 16.2. The molecule has 1 atom stereocenters. The van der Waals surface area contributed by atoms with Crippen LogP contribution in [0, 0.1) is 0 Å². The van der Waals surface area contributed by atoms with Crippen molar-refractivity contribution in [1.82, 2.24) is 25.0 Å². The van der Waals surface area contributed by atoms with E-state index in [1.165, 1.54) is 24.6 Å². The Hall–Kier alpha value is -3.04. The topological polar surface area (TPSA) is 81.5 Å². The van der Waals surface area contributed by atoms with Gasteiger partial charge in [0.15, 0.2) is 22.5 Å². The summed E-state index contributed by atoms with van der Waals surface area (Å²) < 4.78 is 12.8. The third-order valence-corrected chi connectivity index (χ3v) is 6.88. The molecular formula is C24H27N5O3S. The first kappa shape index (κ1) is 21.8. The van der Waals surface area contributed by atoms with Crippen LogP contribution in [0.15, 0.2) is 53.7 Å². The van der Waals surface area contributed by atoms with Crippen LogP contribution < -0.4 is 14.8 Å². The number of hydrogen-bond donors (Lipinski definition) is 1. The van der Waals surface area contributed by atoms with Gasteiger partial charge < -0.3 is 14.8 Å². The molecule has 2 aliphatic heterocycles. The zero-order valence-electron chi connectivity index (χ0n) is 18.6. The fourth-order valence-electron chi connectivity index (χ4n) is 4.05. The van der Waals surface area contributed by atoms with Gasteiger partial charge >= 0.3 is 0 Å². The molecule has 3 heterocycles. The highest BCUT2D eigenvalue weighted by atomic mass is 32.2. The van der Waals surface area contributed by atoms with Crippen LogP contribution in [0.4, 0.5) is 0 Å². The first-order valence-electron chi connectivity index (χ1n) is 11.2. The number of nitrogens with one attached hydrogen (secondary N) is 1. The molecular weight excluding hydrogens is 438 g/mol. The molecule has 0 spiro atoms. The molecule has 1 aromatic heterocycles. The van der Waals surface area contributed by atoms with Gasteiger partial charge in [-0.3, -0.25) is 14.3 Å². The summed E-state index contributed by atoms with van der Waals surface area (Å²) >= 11 is 1.42.